The second kappa shape index (κ2) is 5.05. The summed E-state index contributed by atoms with van der Waals surface area (Å²) in [6.07, 6.45) is 6.56. The smallest absolute Gasteiger partial charge is 0.259 e. The van der Waals surface area contributed by atoms with Gasteiger partial charge >= 0.3 is 0 Å². The van der Waals surface area contributed by atoms with Crippen LogP contribution in [0.2, 0.25) is 0 Å². The number of anilines is 2. The molecule has 0 spiro atoms. The van der Waals surface area contributed by atoms with Crippen LogP contribution in [0.4, 0.5) is 11.6 Å². The number of carbonyl (C=O) groups excluding carboxylic acids is 1. The molecule has 0 aliphatic heterocycles. The molecule has 1 saturated carbocycles. The lowest BCUT2D eigenvalue weighted by Gasteiger charge is -2.40. The number of amides is 1. The number of aryl methyl sites for hydroxylation is 1. The molecule has 8 heteroatoms. The minimum absolute atomic E-state index is 0.0273. The van der Waals surface area contributed by atoms with Gasteiger partial charge < -0.3 is 15.6 Å². The van der Waals surface area contributed by atoms with Crippen molar-refractivity contribution < 1.29 is 4.79 Å². The van der Waals surface area contributed by atoms with Crippen LogP contribution in [0.25, 0.3) is 11.0 Å². The van der Waals surface area contributed by atoms with Gasteiger partial charge in [0.2, 0.25) is 0 Å². The molecule has 8 nitrogen and oxygen atoms in total. The summed E-state index contributed by atoms with van der Waals surface area (Å²) in [4.78, 5) is 21.2. The van der Waals surface area contributed by atoms with E-state index in [1.54, 1.807) is 6.07 Å². The van der Waals surface area contributed by atoms with Crippen LogP contribution in [-0.4, -0.2) is 30.6 Å². The highest BCUT2D eigenvalue weighted by molar-refractivity contribution is 6.14. The van der Waals surface area contributed by atoms with Gasteiger partial charge in [-0.15, -0.1) is 0 Å². The summed E-state index contributed by atoms with van der Waals surface area (Å²) in [5.41, 5.74) is 8.06. The van der Waals surface area contributed by atoms with Crippen LogP contribution in [-0.2, 0) is 5.54 Å². The molecule has 3 heterocycles. The Bertz CT molecular complexity index is 935. The zero-order valence-corrected chi connectivity index (χ0v) is 13.6. The second-order valence-corrected chi connectivity index (χ2v) is 6.61. The van der Waals surface area contributed by atoms with E-state index in [0.717, 1.165) is 18.5 Å². The SMILES string of the molecule is Cc1cc(NC(=O)c2cn(C3(C)CCC3)c3ncnc(N)c23)n[nH]1. The molecular formula is C16H19N7O. The Morgan fingerprint density at radius 2 is 2.21 bits per heavy atom. The quantitative estimate of drug-likeness (QED) is 0.683. The van der Waals surface area contributed by atoms with Crippen LogP contribution < -0.4 is 11.1 Å². The number of aromatic amines is 1. The van der Waals surface area contributed by atoms with E-state index in [-0.39, 0.29) is 11.4 Å². The Balaban J connectivity index is 1.81. The molecule has 0 unspecified atom stereocenters. The summed E-state index contributed by atoms with van der Waals surface area (Å²) in [5, 5.41) is 10.2. The third kappa shape index (κ3) is 2.14. The summed E-state index contributed by atoms with van der Waals surface area (Å²) in [6, 6.07) is 1.77. The highest BCUT2D eigenvalue weighted by atomic mass is 16.1. The van der Waals surface area contributed by atoms with Crippen molar-refractivity contribution in [3.8, 4) is 0 Å². The maximum atomic E-state index is 12.7. The molecule has 3 aromatic heterocycles. The largest absolute Gasteiger partial charge is 0.383 e. The van der Waals surface area contributed by atoms with Crippen LogP contribution in [0, 0.1) is 6.92 Å². The van der Waals surface area contributed by atoms with E-state index in [9.17, 15) is 4.79 Å². The highest BCUT2D eigenvalue weighted by Crippen LogP contribution is 2.42. The van der Waals surface area contributed by atoms with Gasteiger partial charge in [0.05, 0.1) is 10.9 Å². The molecule has 124 valence electrons. The number of nitrogens with zero attached hydrogens (tertiary/aromatic N) is 4. The molecule has 3 aromatic rings. The Morgan fingerprint density at radius 1 is 1.42 bits per heavy atom. The molecule has 4 N–H and O–H groups in total. The Hall–Kier alpha value is -2.90. The summed E-state index contributed by atoms with van der Waals surface area (Å²) < 4.78 is 2.06. The van der Waals surface area contributed by atoms with Crippen molar-refractivity contribution in [3.63, 3.8) is 0 Å². The van der Waals surface area contributed by atoms with Gasteiger partial charge in [-0.3, -0.25) is 9.89 Å². The standard InChI is InChI=1S/C16H19N7O/c1-9-6-11(22-21-9)20-15(24)10-7-23(16(2)4-3-5-16)14-12(10)13(17)18-8-19-14/h6-8H,3-5H2,1-2H3,(H2,17,18,19)(H2,20,21,22,24). The van der Waals surface area contributed by atoms with Crippen molar-refractivity contribution >= 4 is 28.6 Å². The van der Waals surface area contributed by atoms with Crippen molar-refractivity contribution in [1.82, 2.24) is 24.7 Å². The molecule has 1 amide bonds. The first kappa shape index (κ1) is 14.7. The summed E-state index contributed by atoms with van der Waals surface area (Å²) in [7, 11) is 0. The van der Waals surface area contributed by atoms with Crippen LogP contribution in [0.1, 0.15) is 42.2 Å². The molecule has 0 saturated heterocycles. The number of aromatic nitrogens is 5. The van der Waals surface area contributed by atoms with Crippen molar-refractivity contribution in [3.05, 3.63) is 29.8 Å². The van der Waals surface area contributed by atoms with Crippen molar-refractivity contribution in [1.29, 1.82) is 0 Å². The number of carbonyl (C=O) groups is 1. The van der Waals surface area contributed by atoms with E-state index in [4.69, 9.17) is 5.73 Å². The molecule has 0 atom stereocenters. The maximum Gasteiger partial charge on any atom is 0.259 e. The fourth-order valence-electron chi connectivity index (χ4n) is 3.26. The zero-order valence-electron chi connectivity index (χ0n) is 13.6. The van der Waals surface area contributed by atoms with Gasteiger partial charge in [0.25, 0.3) is 5.91 Å². The average molecular weight is 325 g/mol. The van der Waals surface area contributed by atoms with Gasteiger partial charge in [0.15, 0.2) is 5.82 Å². The van der Waals surface area contributed by atoms with Crippen LogP contribution >= 0.6 is 0 Å². The lowest BCUT2D eigenvalue weighted by Crippen LogP contribution is -2.36. The predicted octanol–water partition coefficient (Wildman–Crippen LogP) is 2.20. The molecule has 4 rings (SSSR count). The normalized spacial score (nSPS) is 16.1. The number of H-pyrrole nitrogens is 1. The van der Waals surface area contributed by atoms with Gasteiger partial charge in [-0.25, -0.2) is 9.97 Å². The predicted molar refractivity (Wildman–Crippen MR) is 90.7 cm³/mol. The molecule has 0 radical (unpaired) electrons. The second-order valence-electron chi connectivity index (χ2n) is 6.61. The summed E-state index contributed by atoms with van der Waals surface area (Å²) >= 11 is 0. The first-order valence-electron chi connectivity index (χ1n) is 7.93. The van der Waals surface area contributed by atoms with Gasteiger partial charge in [-0.2, -0.15) is 5.10 Å². The van der Waals surface area contributed by atoms with Crippen LogP contribution in [0.15, 0.2) is 18.6 Å². The zero-order chi connectivity index (χ0) is 16.9. The van der Waals surface area contributed by atoms with E-state index < -0.39 is 0 Å². The first-order valence-corrected chi connectivity index (χ1v) is 7.93. The lowest BCUT2D eigenvalue weighted by atomic mass is 9.78. The Kier molecular flexibility index (Phi) is 3.09. The van der Waals surface area contributed by atoms with Gasteiger partial charge in [0.1, 0.15) is 17.8 Å². The van der Waals surface area contributed by atoms with E-state index in [1.165, 1.54) is 12.7 Å². The van der Waals surface area contributed by atoms with Gasteiger partial charge in [0, 0.05) is 23.5 Å². The van der Waals surface area contributed by atoms with E-state index >= 15 is 0 Å². The number of hydrogen-bond acceptors (Lipinski definition) is 5. The molecule has 24 heavy (non-hydrogen) atoms. The lowest BCUT2D eigenvalue weighted by molar-refractivity contribution is 0.102. The van der Waals surface area contributed by atoms with E-state index in [2.05, 4.69) is 37.0 Å². The number of nitrogen functional groups attached to an aromatic ring is 1. The fourth-order valence-corrected chi connectivity index (χ4v) is 3.26. The number of nitrogens with one attached hydrogen (secondary N) is 2. The van der Waals surface area contributed by atoms with E-state index in [1.807, 2.05) is 13.1 Å². The summed E-state index contributed by atoms with van der Waals surface area (Å²) in [5.74, 6) is 0.517. The van der Waals surface area contributed by atoms with E-state index in [0.29, 0.717) is 28.2 Å². The van der Waals surface area contributed by atoms with Crippen LogP contribution in [0.3, 0.4) is 0 Å². The van der Waals surface area contributed by atoms with Crippen LogP contribution in [0.5, 0.6) is 0 Å². The van der Waals surface area contributed by atoms with Crippen molar-refractivity contribution in [2.75, 3.05) is 11.1 Å². The third-order valence-corrected chi connectivity index (χ3v) is 4.82. The Labute approximate surface area is 138 Å². The third-order valence-electron chi connectivity index (χ3n) is 4.82. The number of nitrogens with two attached hydrogens (primary N) is 1. The van der Waals surface area contributed by atoms with Crippen molar-refractivity contribution in [2.45, 2.75) is 38.6 Å². The fraction of sp³-hybridized carbons (Fsp3) is 0.375. The molecule has 0 bridgehead atoms. The maximum absolute atomic E-state index is 12.7. The molecule has 1 aliphatic rings. The number of rotatable bonds is 3. The topological polar surface area (TPSA) is 115 Å². The minimum Gasteiger partial charge on any atom is -0.383 e. The molecule has 1 aliphatic carbocycles. The first-order chi connectivity index (χ1) is 11.5. The summed E-state index contributed by atoms with van der Waals surface area (Å²) in [6.45, 7) is 4.05. The van der Waals surface area contributed by atoms with Crippen molar-refractivity contribution in [2.24, 2.45) is 0 Å². The number of hydrogen-bond donors (Lipinski definition) is 3. The highest BCUT2D eigenvalue weighted by Gasteiger charge is 2.36. The van der Waals surface area contributed by atoms with Gasteiger partial charge in [-0.1, -0.05) is 0 Å². The average Bonchev–Trinajstić information content (AvgIpc) is 3.10. The number of fused-ring (bicyclic) bond motifs is 1. The Morgan fingerprint density at radius 3 is 2.83 bits per heavy atom. The van der Waals surface area contributed by atoms with Gasteiger partial charge in [-0.05, 0) is 33.1 Å². The molecule has 1 fully saturated rings. The monoisotopic (exact) mass is 325 g/mol. The molecule has 0 aromatic carbocycles. The molecular weight excluding hydrogens is 306 g/mol. The minimum atomic E-state index is -0.269.